The highest BCUT2D eigenvalue weighted by Crippen LogP contribution is 2.56. The van der Waals surface area contributed by atoms with Gasteiger partial charge in [0.15, 0.2) is 0 Å². The molecule has 2 unspecified atom stereocenters. The van der Waals surface area contributed by atoms with E-state index in [9.17, 15) is 0 Å². The molecule has 0 fully saturated rings. The Labute approximate surface area is 381 Å². The summed E-state index contributed by atoms with van der Waals surface area (Å²) in [4.78, 5) is 5.51. The number of allylic oxidation sites excluding steroid dienone is 4. The molecule has 2 atom stereocenters. The molecule has 0 amide bonds. The molecule has 65 heavy (non-hydrogen) atoms. The van der Waals surface area contributed by atoms with Crippen LogP contribution in [0.1, 0.15) is 30.9 Å². The van der Waals surface area contributed by atoms with E-state index in [4.69, 9.17) is 4.98 Å². The lowest BCUT2D eigenvalue weighted by Gasteiger charge is -2.30. The number of aromatic nitrogens is 1. The zero-order valence-corrected chi connectivity index (χ0v) is 36.6. The zero-order chi connectivity index (χ0) is 43.5. The van der Waals surface area contributed by atoms with Crippen LogP contribution in [0.15, 0.2) is 237 Å². The molecule has 0 bridgehead atoms. The molecule has 0 saturated heterocycles. The molecule has 308 valence electrons. The number of hydrogen-bond acceptors (Lipinski definition) is 1. The third-order valence-electron chi connectivity index (χ3n) is 14.2. The van der Waals surface area contributed by atoms with Crippen LogP contribution in [0.25, 0.3) is 99.7 Å². The fourth-order valence-electron chi connectivity index (χ4n) is 10.9. The fourth-order valence-corrected chi connectivity index (χ4v) is 10.9. The second-order valence-electron chi connectivity index (χ2n) is 18.3. The van der Waals surface area contributed by atoms with Gasteiger partial charge in [-0.25, -0.2) is 4.98 Å². The molecule has 1 aromatic heterocycles. The Hall–Kier alpha value is -7.87. The van der Waals surface area contributed by atoms with Crippen LogP contribution in [-0.2, 0) is 5.41 Å². The first-order valence-electron chi connectivity index (χ1n) is 22.9. The van der Waals surface area contributed by atoms with Crippen molar-refractivity contribution in [3.8, 4) is 78.1 Å². The van der Waals surface area contributed by atoms with Gasteiger partial charge in [0.05, 0.1) is 11.4 Å². The summed E-state index contributed by atoms with van der Waals surface area (Å²) < 4.78 is 0. The standard InChI is InChI=1S/C64H47N/c1-64(2)60-25-11-10-21-56(60)59-24-13-23-58(63(59)64)55-38-39-57(54-20-9-8-19-53(54)55)62-41-50(46-30-34-48(35-31-46)52-22-12-17-47-16-6-7-18-51(47)52)40-61(65-62)49-36-32-45(33-37-49)44-28-26-43(27-29-44)42-14-4-3-5-15-42/h3-41,56,60H,1-2H3. The maximum atomic E-state index is 5.51. The monoisotopic (exact) mass is 829 g/mol. The predicted octanol–water partition coefficient (Wildman–Crippen LogP) is 17.2. The van der Waals surface area contributed by atoms with E-state index in [0.29, 0.717) is 11.8 Å². The molecule has 10 aromatic rings. The summed E-state index contributed by atoms with van der Waals surface area (Å²) >= 11 is 0. The topological polar surface area (TPSA) is 12.9 Å². The number of fused-ring (bicyclic) bond motifs is 5. The highest BCUT2D eigenvalue weighted by molar-refractivity contribution is 6.06. The summed E-state index contributed by atoms with van der Waals surface area (Å²) in [5, 5.41) is 4.95. The lowest BCUT2D eigenvalue weighted by atomic mass is 9.73. The summed E-state index contributed by atoms with van der Waals surface area (Å²) in [7, 11) is 0. The second-order valence-corrected chi connectivity index (χ2v) is 18.3. The SMILES string of the molecule is CC1(C)c2c(-c3ccc(-c4cc(-c5ccc(-c6cccc7ccccc67)cc5)cc(-c5ccc(-c6ccc(-c7ccccc7)cc6)cc5)n4)c4ccccc34)cccc2C2C=CC=CC21. The molecule has 1 heterocycles. The van der Waals surface area contributed by atoms with Crippen molar-refractivity contribution in [1.29, 1.82) is 0 Å². The average molecular weight is 830 g/mol. The summed E-state index contributed by atoms with van der Waals surface area (Å²) in [5.74, 6) is 0.839. The summed E-state index contributed by atoms with van der Waals surface area (Å²) in [6.45, 7) is 4.86. The first-order chi connectivity index (χ1) is 32.0. The summed E-state index contributed by atoms with van der Waals surface area (Å²) in [6, 6.07) is 77.7. The van der Waals surface area contributed by atoms with E-state index in [-0.39, 0.29) is 5.41 Å². The van der Waals surface area contributed by atoms with Gasteiger partial charge in [0.1, 0.15) is 0 Å². The van der Waals surface area contributed by atoms with Crippen molar-refractivity contribution in [3.05, 3.63) is 248 Å². The van der Waals surface area contributed by atoms with Crippen LogP contribution in [-0.4, -0.2) is 4.98 Å². The van der Waals surface area contributed by atoms with E-state index >= 15 is 0 Å². The van der Waals surface area contributed by atoms with Crippen LogP contribution in [0, 0.1) is 5.92 Å². The number of hydrogen-bond donors (Lipinski definition) is 0. The predicted molar refractivity (Wildman–Crippen MR) is 275 cm³/mol. The Balaban J connectivity index is 0.971. The van der Waals surface area contributed by atoms with E-state index < -0.39 is 0 Å². The van der Waals surface area contributed by atoms with E-state index in [2.05, 4.69) is 250 Å². The Morgan fingerprint density at radius 1 is 0.354 bits per heavy atom. The van der Waals surface area contributed by atoms with Crippen molar-refractivity contribution in [3.63, 3.8) is 0 Å². The molecular formula is C64H47N. The Kier molecular flexibility index (Phi) is 9.39. The molecule has 1 nitrogen and oxygen atoms in total. The minimum Gasteiger partial charge on any atom is -0.248 e. The molecule has 12 rings (SSSR count). The quantitative estimate of drug-likeness (QED) is 0.156. The van der Waals surface area contributed by atoms with Crippen LogP contribution in [0.5, 0.6) is 0 Å². The third-order valence-corrected chi connectivity index (χ3v) is 14.2. The molecule has 1 heteroatoms. The van der Waals surface area contributed by atoms with Crippen molar-refractivity contribution in [2.75, 3.05) is 0 Å². The maximum absolute atomic E-state index is 5.51. The van der Waals surface area contributed by atoms with Crippen molar-refractivity contribution in [2.45, 2.75) is 25.2 Å². The third kappa shape index (κ3) is 6.75. The number of pyridine rings is 1. The highest BCUT2D eigenvalue weighted by Gasteiger charge is 2.45. The van der Waals surface area contributed by atoms with Crippen LogP contribution >= 0.6 is 0 Å². The fraction of sp³-hybridized carbons (Fsp3) is 0.0781. The minimum atomic E-state index is -0.00720. The summed E-state index contributed by atoms with van der Waals surface area (Å²) in [5.41, 5.74) is 19.2. The highest BCUT2D eigenvalue weighted by atomic mass is 14.7. The van der Waals surface area contributed by atoms with Gasteiger partial charge in [-0.05, 0) is 112 Å². The van der Waals surface area contributed by atoms with Gasteiger partial charge in [-0.3, -0.25) is 0 Å². The van der Waals surface area contributed by atoms with Crippen LogP contribution < -0.4 is 0 Å². The van der Waals surface area contributed by atoms with E-state index in [1.54, 1.807) is 0 Å². The maximum Gasteiger partial charge on any atom is 0.0721 e. The van der Waals surface area contributed by atoms with E-state index in [0.717, 1.165) is 33.6 Å². The van der Waals surface area contributed by atoms with Gasteiger partial charge in [0, 0.05) is 17.0 Å². The van der Waals surface area contributed by atoms with Crippen LogP contribution in [0.2, 0.25) is 0 Å². The van der Waals surface area contributed by atoms with E-state index in [1.165, 1.54) is 77.2 Å². The second kappa shape index (κ2) is 15.7. The van der Waals surface area contributed by atoms with Gasteiger partial charge in [-0.1, -0.05) is 238 Å². The largest absolute Gasteiger partial charge is 0.248 e. The minimum absolute atomic E-state index is 0.00720. The number of rotatable bonds is 7. The first kappa shape index (κ1) is 38.8. The molecule has 0 spiro atoms. The smallest absolute Gasteiger partial charge is 0.0721 e. The normalized spacial score (nSPS) is 15.8. The average Bonchev–Trinajstić information content (AvgIpc) is 3.62. The van der Waals surface area contributed by atoms with Gasteiger partial charge < -0.3 is 0 Å². The number of benzene rings is 9. The van der Waals surface area contributed by atoms with Gasteiger partial charge in [0.2, 0.25) is 0 Å². The van der Waals surface area contributed by atoms with E-state index in [1.807, 2.05) is 0 Å². The van der Waals surface area contributed by atoms with Crippen molar-refractivity contribution in [1.82, 2.24) is 4.98 Å². The van der Waals surface area contributed by atoms with Crippen molar-refractivity contribution < 1.29 is 0 Å². The lowest BCUT2D eigenvalue weighted by molar-refractivity contribution is 0.395. The van der Waals surface area contributed by atoms with Gasteiger partial charge in [0.25, 0.3) is 0 Å². The molecule has 2 aliphatic rings. The molecule has 2 aliphatic carbocycles. The first-order valence-corrected chi connectivity index (χ1v) is 22.9. The van der Waals surface area contributed by atoms with Crippen LogP contribution in [0.4, 0.5) is 0 Å². The Morgan fingerprint density at radius 2 is 0.862 bits per heavy atom. The lowest BCUT2D eigenvalue weighted by Crippen LogP contribution is -2.25. The van der Waals surface area contributed by atoms with Gasteiger partial charge in [-0.15, -0.1) is 0 Å². The molecule has 0 saturated carbocycles. The molecule has 0 N–H and O–H groups in total. The summed E-state index contributed by atoms with van der Waals surface area (Å²) in [6.07, 6.45) is 9.26. The molecule has 0 aliphatic heterocycles. The number of nitrogens with zero attached hydrogens (tertiary/aromatic N) is 1. The van der Waals surface area contributed by atoms with Gasteiger partial charge >= 0.3 is 0 Å². The van der Waals surface area contributed by atoms with Crippen LogP contribution in [0.3, 0.4) is 0 Å². The molecule has 0 radical (unpaired) electrons. The molecule has 9 aromatic carbocycles. The van der Waals surface area contributed by atoms with Gasteiger partial charge in [-0.2, -0.15) is 0 Å². The van der Waals surface area contributed by atoms with Crippen molar-refractivity contribution in [2.24, 2.45) is 5.92 Å². The van der Waals surface area contributed by atoms with Crippen molar-refractivity contribution >= 4 is 21.5 Å². The molecular weight excluding hydrogens is 783 g/mol. The Morgan fingerprint density at radius 3 is 1.58 bits per heavy atom. The Bertz CT molecular complexity index is 3470. The zero-order valence-electron chi connectivity index (χ0n) is 36.6.